The van der Waals surface area contributed by atoms with Crippen molar-refractivity contribution in [2.45, 2.75) is 32.6 Å². The molecule has 2 rings (SSSR count). The molecule has 0 aromatic heterocycles. The topological polar surface area (TPSA) is 12.5 Å². The van der Waals surface area contributed by atoms with Crippen molar-refractivity contribution in [2.75, 3.05) is 38.6 Å². The van der Waals surface area contributed by atoms with Gasteiger partial charge in [0.1, 0.15) is 0 Å². The first kappa shape index (κ1) is 12.7. The van der Waals surface area contributed by atoms with E-state index in [2.05, 4.69) is 24.5 Å². The zero-order valence-electron chi connectivity index (χ0n) is 10.5. The predicted octanol–water partition coefficient (Wildman–Crippen LogP) is 2.44. The van der Waals surface area contributed by atoms with Crippen LogP contribution in [0.15, 0.2) is 0 Å². The first-order chi connectivity index (χ1) is 7.78. The molecule has 1 heterocycles. The van der Waals surface area contributed by atoms with Crippen LogP contribution in [0, 0.1) is 11.3 Å². The first-order valence-corrected chi connectivity index (χ1v) is 7.32. The van der Waals surface area contributed by atoms with Crippen molar-refractivity contribution >= 4 is 12.6 Å². The van der Waals surface area contributed by atoms with E-state index in [0.29, 0.717) is 5.41 Å². The molecule has 94 valence electrons. The standard InChI is InChI=1S/C13H25NOS/c1-2-14(9-12-3-4-12)10-13(11-16)5-7-15-8-6-13/h12,16H,2-11H2,1H3. The molecule has 0 radical (unpaired) electrons. The van der Waals surface area contributed by atoms with Gasteiger partial charge < -0.3 is 9.64 Å². The van der Waals surface area contributed by atoms with Crippen LogP contribution in [0.1, 0.15) is 32.6 Å². The summed E-state index contributed by atoms with van der Waals surface area (Å²) in [6.45, 7) is 7.88. The molecular weight excluding hydrogens is 218 g/mol. The summed E-state index contributed by atoms with van der Waals surface area (Å²) in [6.07, 6.45) is 5.29. The van der Waals surface area contributed by atoms with E-state index in [4.69, 9.17) is 4.74 Å². The molecule has 2 fully saturated rings. The van der Waals surface area contributed by atoms with Crippen LogP contribution in [0.3, 0.4) is 0 Å². The number of ether oxygens (including phenoxy) is 1. The molecule has 0 atom stereocenters. The van der Waals surface area contributed by atoms with Gasteiger partial charge in [-0.3, -0.25) is 0 Å². The summed E-state index contributed by atoms with van der Waals surface area (Å²) >= 11 is 4.59. The van der Waals surface area contributed by atoms with Gasteiger partial charge in [0.05, 0.1) is 0 Å². The van der Waals surface area contributed by atoms with Crippen LogP contribution in [0.4, 0.5) is 0 Å². The molecule has 0 N–H and O–H groups in total. The third-order valence-electron chi connectivity index (χ3n) is 4.11. The summed E-state index contributed by atoms with van der Waals surface area (Å²) in [7, 11) is 0. The van der Waals surface area contributed by atoms with Gasteiger partial charge in [-0.25, -0.2) is 0 Å². The van der Waals surface area contributed by atoms with Gasteiger partial charge in [0.2, 0.25) is 0 Å². The van der Waals surface area contributed by atoms with E-state index >= 15 is 0 Å². The summed E-state index contributed by atoms with van der Waals surface area (Å²) in [6, 6.07) is 0. The minimum absolute atomic E-state index is 0.423. The number of thiol groups is 1. The zero-order valence-corrected chi connectivity index (χ0v) is 11.3. The minimum Gasteiger partial charge on any atom is -0.381 e. The van der Waals surface area contributed by atoms with E-state index < -0.39 is 0 Å². The molecule has 1 aliphatic heterocycles. The molecule has 0 unspecified atom stereocenters. The maximum atomic E-state index is 5.48. The van der Waals surface area contributed by atoms with Crippen molar-refractivity contribution in [2.24, 2.45) is 11.3 Å². The van der Waals surface area contributed by atoms with Crippen LogP contribution in [-0.4, -0.2) is 43.5 Å². The Labute approximate surface area is 105 Å². The Bertz CT molecular complexity index is 212. The lowest BCUT2D eigenvalue weighted by Crippen LogP contribution is -2.43. The lowest BCUT2D eigenvalue weighted by Gasteiger charge is -2.40. The summed E-state index contributed by atoms with van der Waals surface area (Å²) in [5.41, 5.74) is 0.423. The third-order valence-corrected chi connectivity index (χ3v) is 4.78. The van der Waals surface area contributed by atoms with Crippen LogP contribution < -0.4 is 0 Å². The Hall–Kier alpha value is 0.270. The summed E-state index contributed by atoms with van der Waals surface area (Å²) in [4.78, 5) is 2.64. The lowest BCUT2D eigenvalue weighted by atomic mass is 9.81. The fraction of sp³-hybridized carbons (Fsp3) is 1.00. The maximum absolute atomic E-state index is 5.48. The summed E-state index contributed by atoms with van der Waals surface area (Å²) in [5.74, 6) is 2.01. The molecule has 0 spiro atoms. The second-order valence-corrected chi connectivity index (χ2v) is 5.86. The monoisotopic (exact) mass is 243 g/mol. The van der Waals surface area contributed by atoms with Crippen LogP contribution in [0.5, 0.6) is 0 Å². The van der Waals surface area contributed by atoms with Gasteiger partial charge in [0, 0.05) is 26.3 Å². The summed E-state index contributed by atoms with van der Waals surface area (Å²) in [5, 5.41) is 0. The van der Waals surface area contributed by atoms with E-state index in [0.717, 1.165) is 24.9 Å². The van der Waals surface area contributed by atoms with Crippen LogP contribution in [0.25, 0.3) is 0 Å². The number of nitrogens with zero attached hydrogens (tertiary/aromatic N) is 1. The molecule has 2 nitrogen and oxygen atoms in total. The molecule has 0 bridgehead atoms. The molecule has 0 aromatic rings. The highest BCUT2D eigenvalue weighted by Gasteiger charge is 2.34. The minimum atomic E-state index is 0.423. The molecule has 16 heavy (non-hydrogen) atoms. The van der Waals surface area contributed by atoms with E-state index in [1.165, 1.54) is 45.3 Å². The second-order valence-electron chi connectivity index (χ2n) is 5.54. The Morgan fingerprint density at radius 3 is 2.50 bits per heavy atom. The Kier molecular flexibility index (Phi) is 4.57. The van der Waals surface area contributed by atoms with Gasteiger partial charge in [-0.15, -0.1) is 0 Å². The van der Waals surface area contributed by atoms with E-state index in [9.17, 15) is 0 Å². The highest BCUT2D eigenvalue weighted by atomic mass is 32.1. The van der Waals surface area contributed by atoms with E-state index in [1.54, 1.807) is 0 Å². The van der Waals surface area contributed by atoms with Crippen molar-refractivity contribution in [1.82, 2.24) is 4.90 Å². The van der Waals surface area contributed by atoms with E-state index in [-0.39, 0.29) is 0 Å². The van der Waals surface area contributed by atoms with Crippen LogP contribution >= 0.6 is 12.6 Å². The Morgan fingerprint density at radius 2 is 2.00 bits per heavy atom. The average Bonchev–Trinajstić information content (AvgIpc) is 3.13. The van der Waals surface area contributed by atoms with Crippen LogP contribution in [0.2, 0.25) is 0 Å². The molecule has 0 amide bonds. The molecule has 2 aliphatic rings. The molecule has 1 saturated heterocycles. The van der Waals surface area contributed by atoms with Crippen LogP contribution in [-0.2, 0) is 4.74 Å². The fourth-order valence-electron chi connectivity index (χ4n) is 2.62. The number of rotatable bonds is 6. The molecule has 3 heteroatoms. The normalized spacial score (nSPS) is 24.9. The molecule has 0 aromatic carbocycles. The molecule has 1 aliphatic carbocycles. The van der Waals surface area contributed by atoms with Crippen molar-refractivity contribution in [3.8, 4) is 0 Å². The third kappa shape index (κ3) is 3.38. The molecular formula is C13H25NOS. The van der Waals surface area contributed by atoms with Crippen molar-refractivity contribution in [3.63, 3.8) is 0 Å². The zero-order chi connectivity index (χ0) is 11.4. The number of hydrogen-bond acceptors (Lipinski definition) is 3. The summed E-state index contributed by atoms with van der Waals surface area (Å²) < 4.78 is 5.48. The lowest BCUT2D eigenvalue weighted by molar-refractivity contribution is 0.00783. The second kappa shape index (κ2) is 5.74. The Morgan fingerprint density at radius 1 is 1.31 bits per heavy atom. The van der Waals surface area contributed by atoms with Crippen molar-refractivity contribution < 1.29 is 4.74 Å². The van der Waals surface area contributed by atoms with Crippen molar-refractivity contribution in [3.05, 3.63) is 0 Å². The van der Waals surface area contributed by atoms with Gasteiger partial charge in [0.25, 0.3) is 0 Å². The largest absolute Gasteiger partial charge is 0.381 e. The Balaban J connectivity index is 1.86. The van der Waals surface area contributed by atoms with Gasteiger partial charge in [-0.2, -0.15) is 12.6 Å². The van der Waals surface area contributed by atoms with E-state index in [1.807, 2.05) is 0 Å². The predicted molar refractivity (Wildman–Crippen MR) is 71.2 cm³/mol. The van der Waals surface area contributed by atoms with Gasteiger partial charge >= 0.3 is 0 Å². The average molecular weight is 243 g/mol. The van der Waals surface area contributed by atoms with Gasteiger partial charge in [0.15, 0.2) is 0 Å². The first-order valence-electron chi connectivity index (χ1n) is 6.69. The van der Waals surface area contributed by atoms with Gasteiger partial charge in [-0.1, -0.05) is 6.92 Å². The highest BCUT2D eigenvalue weighted by molar-refractivity contribution is 7.80. The maximum Gasteiger partial charge on any atom is 0.0472 e. The SMILES string of the molecule is CCN(CC1CC1)CC1(CS)CCOCC1. The van der Waals surface area contributed by atoms with Crippen molar-refractivity contribution in [1.29, 1.82) is 0 Å². The quantitative estimate of drug-likeness (QED) is 0.719. The molecule has 1 saturated carbocycles. The fourth-order valence-corrected chi connectivity index (χ4v) is 3.03. The van der Waals surface area contributed by atoms with Gasteiger partial charge in [-0.05, 0) is 49.3 Å². The smallest absolute Gasteiger partial charge is 0.0472 e. The highest BCUT2D eigenvalue weighted by Crippen LogP contribution is 2.35. The number of hydrogen-bond donors (Lipinski definition) is 1.